The smallest absolute Gasteiger partial charge is 0.122 e. The molecule has 2 nitrogen and oxygen atoms in total. The van der Waals surface area contributed by atoms with E-state index in [-0.39, 0.29) is 0 Å². The molecule has 1 aromatic rings. The molecule has 74 valence electrons. The number of benzene rings is 1. The van der Waals surface area contributed by atoms with E-state index in [1.54, 1.807) is 0 Å². The van der Waals surface area contributed by atoms with Crippen LogP contribution in [0.2, 0.25) is 0 Å². The van der Waals surface area contributed by atoms with E-state index in [4.69, 9.17) is 4.74 Å². The van der Waals surface area contributed by atoms with Gasteiger partial charge < -0.3 is 9.53 Å². The van der Waals surface area contributed by atoms with E-state index in [0.717, 1.165) is 25.1 Å². The van der Waals surface area contributed by atoms with Gasteiger partial charge in [-0.25, -0.2) is 0 Å². The van der Waals surface area contributed by atoms with E-state index in [1.165, 1.54) is 11.1 Å². The summed E-state index contributed by atoms with van der Waals surface area (Å²) in [5.41, 5.74) is 2.42. The summed E-state index contributed by atoms with van der Waals surface area (Å²) in [4.78, 5) is 10.5. The first kappa shape index (κ1) is 9.25. The van der Waals surface area contributed by atoms with Crippen LogP contribution >= 0.6 is 0 Å². The Hall–Kier alpha value is -1.31. The zero-order valence-corrected chi connectivity index (χ0v) is 8.32. The van der Waals surface area contributed by atoms with Gasteiger partial charge in [-0.05, 0) is 30.9 Å². The monoisotopic (exact) mass is 190 g/mol. The van der Waals surface area contributed by atoms with E-state index in [2.05, 4.69) is 13.0 Å². The number of carbonyl (C=O) groups excluding carboxylic acids is 1. The molecule has 1 aliphatic heterocycles. The van der Waals surface area contributed by atoms with Crippen LogP contribution in [0.4, 0.5) is 0 Å². The van der Waals surface area contributed by atoms with Crippen molar-refractivity contribution in [3.63, 3.8) is 0 Å². The number of aldehydes is 1. The highest BCUT2D eigenvalue weighted by atomic mass is 16.5. The first-order chi connectivity index (χ1) is 6.81. The van der Waals surface area contributed by atoms with Crippen molar-refractivity contribution in [1.29, 1.82) is 0 Å². The fourth-order valence-corrected chi connectivity index (χ4v) is 1.95. The second kappa shape index (κ2) is 3.82. The predicted octanol–water partition coefficient (Wildman–Crippen LogP) is 2.45. The molecule has 0 bridgehead atoms. The molecule has 1 heterocycles. The Kier molecular flexibility index (Phi) is 2.53. The molecular formula is C12H14O2. The van der Waals surface area contributed by atoms with Gasteiger partial charge in [-0.15, -0.1) is 0 Å². The zero-order valence-electron chi connectivity index (χ0n) is 8.32. The number of rotatable bonds is 2. The van der Waals surface area contributed by atoms with Crippen LogP contribution in [0, 0.1) is 6.92 Å². The molecule has 0 fully saturated rings. The van der Waals surface area contributed by atoms with E-state index < -0.39 is 0 Å². The van der Waals surface area contributed by atoms with Crippen LogP contribution in [0.1, 0.15) is 29.9 Å². The zero-order chi connectivity index (χ0) is 9.97. The summed E-state index contributed by atoms with van der Waals surface area (Å²) in [5, 5.41) is 0. The van der Waals surface area contributed by atoms with Gasteiger partial charge in [-0.1, -0.05) is 17.7 Å². The van der Waals surface area contributed by atoms with Gasteiger partial charge in [0.2, 0.25) is 0 Å². The summed E-state index contributed by atoms with van der Waals surface area (Å²) < 4.78 is 5.54. The van der Waals surface area contributed by atoms with Crippen molar-refractivity contribution in [2.75, 3.05) is 6.61 Å². The van der Waals surface area contributed by atoms with Crippen molar-refractivity contribution in [3.05, 3.63) is 29.3 Å². The largest absolute Gasteiger partial charge is 0.493 e. The lowest BCUT2D eigenvalue weighted by Crippen LogP contribution is -2.14. The molecule has 1 aliphatic rings. The normalized spacial score (nSPS) is 19.6. The number of carbonyl (C=O) groups is 1. The van der Waals surface area contributed by atoms with E-state index in [1.807, 2.05) is 12.1 Å². The minimum Gasteiger partial charge on any atom is -0.493 e. The molecule has 0 amide bonds. The third kappa shape index (κ3) is 1.65. The lowest BCUT2D eigenvalue weighted by Gasteiger charge is -2.24. The minimum atomic E-state index is 0.358. The van der Waals surface area contributed by atoms with Gasteiger partial charge in [-0.3, -0.25) is 0 Å². The maximum Gasteiger partial charge on any atom is 0.122 e. The highest BCUT2D eigenvalue weighted by Crippen LogP contribution is 2.35. The quantitative estimate of drug-likeness (QED) is 0.669. The summed E-state index contributed by atoms with van der Waals surface area (Å²) in [6.07, 6.45) is 2.57. The fourth-order valence-electron chi connectivity index (χ4n) is 1.95. The lowest BCUT2D eigenvalue weighted by molar-refractivity contribution is -0.108. The Morgan fingerprint density at radius 1 is 1.57 bits per heavy atom. The van der Waals surface area contributed by atoms with Crippen LogP contribution in [0.5, 0.6) is 5.75 Å². The average molecular weight is 190 g/mol. The van der Waals surface area contributed by atoms with Crippen molar-refractivity contribution in [1.82, 2.24) is 0 Å². The highest BCUT2D eigenvalue weighted by molar-refractivity contribution is 5.53. The standard InChI is InChI=1S/C12H14O2/c1-9-2-3-12-11(8-9)10(4-6-13)5-7-14-12/h2-3,6,8,10H,4-5,7H2,1H3. The summed E-state index contributed by atoms with van der Waals surface area (Å²) in [7, 11) is 0. The van der Waals surface area contributed by atoms with Crippen molar-refractivity contribution < 1.29 is 9.53 Å². The van der Waals surface area contributed by atoms with Crippen molar-refractivity contribution in [2.24, 2.45) is 0 Å². The molecule has 0 aliphatic carbocycles. The van der Waals surface area contributed by atoms with Crippen LogP contribution in [0.3, 0.4) is 0 Å². The van der Waals surface area contributed by atoms with E-state index >= 15 is 0 Å². The molecule has 0 spiro atoms. The molecule has 0 aromatic heterocycles. The molecule has 0 radical (unpaired) electrons. The van der Waals surface area contributed by atoms with Crippen LogP contribution in [-0.2, 0) is 4.79 Å². The molecule has 1 atom stereocenters. The molecule has 0 N–H and O–H groups in total. The van der Waals surface area contributed by atoms with Crippen LogP contribution in [0.25, 0.3) is 0 Å². The Morgan fingerprint density at radius 2 is 2.43 bits per heavy atom. The van der Waals surface area contributed by atoms with Gasteiger partial charge in [0.1, 0.15) is 12.0 Å². The summed E-state index contributed by atoms with van der Waals surface area (Å²) in [6, 6.07) is 6.17. The van der Waals surface area contributed by atoms with Gasteiger partial charge in [-0.2, -0.15) is 0 Å². The number of fused-ring (bicyclic) bond motifs is 1. The molecule has 1 aromatic carbocycles. The topological polar surface area (TPSA) is 26.3 Å². The van der Waals surface area contributed by atoms with Gasteiger partial charge in [0, 0.05) is 6.42 Å². The predicted molar refractivity (Wildman–Crippen MR) is 54.7 cm³/mol. The molecule has 0 saturated heterocycles. The molecule has 1 unspecified atom stereocenters. The molecule has 2 heteroatoms. The molecule has 0 saturated carbocycles. The van der Waals surface area contributed by atoms with Crippen molar-refractivity contribution >= 4 is 6.29 Å². The number of hydrogen-bond acceptors (Lipinski definition) is 2. The molecular weight excluding hydrogens is 176 g/mol. The van der Waals surface area contributed by atoms with Gasteiger partial charge in [0.15, 0.2) is 0 Å². The maximum atomic E-state index is 10.5. The van der Waals surface area contributed by atoms with Crippen LogP contribution in [-0.4, -0.2) is 12.9 Å². The number of ether oxygens (including phenoxy) is 1. The lowest BCUT2D eigenvalue weighted by atomic mass is 9.90. The fraction of sp³-hybridized carbons (Fsp3) is 0.417. The third-order valence-corrected chi connectivity index (χ3v) is 2.71. The third-order valence-electron chi connectivity index (χ3n) is 2.71. The Bertz CT molecular complexity index is 344. The van der Waals surface area contributed by atoms with Crippen LogP contribution in [0.15, 0.2) is 18.2 Å². The highest BCUT2D eigenvalue weighted by Gasteiger charge is 2.20. The summed E-state index contributed by atoms with van der Waals surface area (Å²) in [6.45, 7) is 2.79. The summed E-state index contributed by atoms with van der Waals surface area (Å²) >= 11 is 0. The number of hydrogen-bond donors (Lipinski definition) is 0. The second-order valence-corrected chi connectivity index (χ2v) is 3.78. The summed E-state index contributed by atoms with van der Waals surface area (Å²) in [5.74, 6) is 1.31. The minimum absolute atomic E-state index is 0.358. The van der Waals surface area contributed by atoms with Gasteiger partial charge >= 0.3 is 0 Å². The Labute approximate surface area is 83.9 Å². The average Bonchev–Trinajstić information content (AvgIpc) is 2.19. The first-order valence-electron chi connectivity index (χ1n) is 4.98. The van der Waals surface area contributed by atoms with Crippen LogP contribution < -0.4 is 4.74 Å². The number of aryl methyl sites for hydroxylation is 1. The van der Waals surface area contributed by atoms with Crippen molar-refractivity contribution in [2.45, 2.75) is 25.7 Å². The van der Waals surface area contributed by atoms with Gasteiger partial charge in [0.25, 0.3) is 0 Å². The van der Waals surface area contributed by atoms with Gasteiger partial charge in [0.05, 0.1) is 6.61 Å². The second-order valence-electron chi connectivity index (χ2n) is 3.78. The molecule has 14 heavy (non-hydrogen) atoms. The van der Waals surface area contributed by atoms with E-state index in [0.29, 0.717) is 12.3 Å². The Balaban J connectivity index is 2.36. The maximum absolute atomic E-state index is 10.5. The SMILES string of the molecule is Cc1ccc2c(c1)C(CC=O)CCO2. The van der Waals surface area contributed by atoms with E-state index in [9.17, 15) is 4.79 Å². The first-order valence-corrected chi connectivity index (χ1v) is 4.98. The molecule has 2 rings (SSSR count). The Morgan fingerprint density at radius 3 is 3.21 bits per heavy atom. The van der Waals surface area contributed by atoms with Crippen molar-refractivity contribution in [3.8, 4) is 5.75 Å².